The van der Waals surface area contributed by atoms with Crippen molar-refractivity contribution < 1.29 is 4.42 Å². The Morgan fingerprint density at radius 2 is 0.800 bits per heavy atom. The van der Waals surface area contributed by atoms with Crippen LogP contribution in [0.2, 0.25) is 0 Å². The summed E-state index contributed by atoms with van der Waals surface area (Å²) in [5, 5.41) is 1.17. The molecule has 0 bridgehead atoms. The molecule has 0 spiro atoms. The lowest BCUT2D eigenvalue weighted by Gasteiger charge is -2.27. The van der Waals surface area contributed by atoms with Crippen LogP contribution in [0.25, 0.3) is 55.7 Å². The van der Waals surface area contributed by atoms with E-state index in [1.54, 1.807) is 0 Å². The fourth-order valence-electron chi connectivity index (χ4n) is 6.95. The van der Waals surface area contributed by atoms with Crippen LogP contribution in [0.4, 0.5) is 17.1 Å². The number of fused-ring (bicyclic) bond motifs is 1. The molecule has 50 heavy (non-hydrogen) atoms. The Morgan fingerprint density at radius 3 is 1.30 bits per heavy atom. The van der Waals surface area contributed by atoms with Gasteiger partial charge in [0.25, 0.3) is 0 Å². The van der Waals surface area contributed by atoms with E-state index in [-0.39, 0.29) is 5.41 Å². The number of benzene rings is 7. The van der Waals surface area contributed by atoms with E-state index >= 15 is 0 Å². The Kier molecular flexibility index (Phi) is 8.14. The molecule has 0 amide bonds. The second kappa shape index (κ2) is 13.1. The summed E-state index contributed by atoms with van der Waals surface area (Å²) in [6.07, 6.45) is 0. The van der Waals surface area contributed by atoms with Crippen molar-refractivity contribution in [2.24, 2.45) is 0 Å². The van der Waals surface area contributed by atoms with E-state index in [9.17, 15) is 0 Å². The van der Waals surface area contributed by atoms with Crippen molar-refractivity contribution in [2.45, 2.75) is 26.2 Å². The molecule has 1 aromatic heterocycles. The predicted octanol–water partition coefficient (Wildman–Crippen LogP) is 13.9. The molecular formula is C48H39NO. The number of rotatable bonds is 7. The van der Waals surface area contributed by atoms with E-state index in [4.69, 9.17) is 4.42 Å². The highest BCUT2D eigenvalue weighted by Crippen LogP contribution is 2.43. The van der Waals surface area contributed by atoms with Crippen LogP contribution in [0.5, 0.6) is 0 Å². The van der Waals surface area contributed by atoms with Gasteiger partial charge in [0.1, 0.15) is 11.3 Å². The first kappa shape index (κ1) is 31.2. The summed E-state index contributed by atoms with van der Waals surface area (Å²) < 4.78 is 6.61. The second-order valence-electron chi connectivity index (χ2n) is 13.8. The third-order valence-corrected chi connectivity index (χ3v) is 9.40. The number of furan rings is 1. The molecule has 8 aromatic rings. The maximum Gasteiger partial charge on any atom is 0.139 e. The zero-order valence-electron chi connectivity index (χ0n) is 28.7. The van der Waals surface area contributed by atoms with Gasteiger partial charge in [0.15, 0.2) is 0 Å². The molecule has 0 aliphatic heterocycles. The normalized spacial score (nSPS) is 11.5. The van der Waals surface area contributed by atoms with Crippen LogP contribution in [0.1, 0.15) is 26.3 Å². The molecular weight excluding hydrogens is 607 g/mol. The van der Waals surface area contributed by atoms with Crippen molar-refractivity contribution in [3.8, 4) is 44.7 Å². The average molecular weight is 646 g/mol. The molecule has 8 rings (SSSR count). The Labute approximate surface area is 294 Å². The third-order valence-electron chi connectivity index (χ3n) is 9.40. The van der Waals surface area contributed by atoms with Gasteiger partial charge < -0.3 is 9.32 Å². The van der Waals surface area contributed by atoms with Crippen molar-refractivity contribution in [3.05, 3.63) is 188 Å². The molecule has 1 heterocycles. The molecule has 0 aliphatic carbocycles. The Balaban J connectivity index is 1.20. The van der Waals surface area contributed by atoms with Crippen LogP contribution in [0.3, 0.4) is 0 Å². The average Bonchev–Trinajstić information content (AvgIpc) is 3.58. The van der Waals surface area contributed by atoms with E-state index in [0.717, 1.165) is 34.0 Å². The quantitative estimate of drug-likeness (QED) is 0.171. The van der Waals surface area contributed by atoms with Gasteiger partial charge in [-0.15, -0.1) is 0 Å². The summed E-state index contributed by atoms with van der Waals surface area (Å²) in [6.45, 7) is 6.78. The molecule has 242 valence electrons. The molecule has 2 nitrogen and oxygen atoms in total. The molecule has 0 saturated heterocycles. The number of nitrogens with zero attached hydrogens (tertiary/aromatic N) is 1. The van der Waals surface area contributed by atoms with Crippen LogP contribution in [-0.4, -0.2) is 0 Å². The molecule has 0 fully saturated rings. The minimum atomic E-state index is -0.0972. The van der Waals surface area contributed by atoms with Crippen LogP contribution >= 0.6 is 0 Å². The first-order valence-electron chi connectivity index (χ1n) is 17.3. The van der Waals surface area contributed by atoms with Gasteiger partial charge in [0.2, 0.25) is 0 Å². The monoisotopic (exact) mass is 645 g/mol. The highest BCUT2D eigenvalue weighted by atomic mass is 16.3. The van der Waals surface area contributed by atoms with Gasteiger partial charge >= 0.3 is 0 Å². The summed E-state index contributed by atoms with van der Waals surface area (Å²) in [4.78, 5) is 2.33. The Morgan fingerprint density at radius 1 is 0.380 bits per heavy atom. The van der Waals surface area contributed by atoms with Gasteiger partial charge in [-0.3, -0.25) is 0 Å². The van der Waals surface area contributed by atoms with Gasteiger partial charge in [-0.1, -0.05) is 160 Å². The molecule has 0 radical (unpaired) electrons. The highest BCUT2D eigenvalue weighted by molar-refractivity contribution is 5.90. The number of para-hydroxylation sites is 1. The topological polar surface area (TPSA) is 16.4 Å². The van der Waals surface area contributed by atoms with E-state index in [1.165, 1.54) is 44.3 Å². The summed E-state index contributed by atoms with van der Waals surface area (Å²) in [7, 11) is 0. The third kappa shape index (κ3) is 6.13. The van der Waals surface area contributed by atoms with Crippen LogP contribution in [-0.2, 0) is 5.41 Å². The largest absolute Gasteiger partial charge is 0.456 e. The fraction of sp³-hybridized carbons (Fsp3) is 0.0833. The van der Waals surface area contributed by atoms with E-state index in [2.05, 4.69) is 202 Å². The zero-order valence-corrected chi connectivity index (χ0v) is 28.7. The molecule has 0 N–H and O–H groups in total. The highest BCUT2D eigenvalue weighted by Gasteiger charge is 2.26. The van der Waals surface area contributed by atoms with Gasteiger partial charge in [-0.05, 0) is 81.3 Å². The molecule has 2 heteroatoms. The fourth-order valence-corrected chi connectivity index (χ4v) is 6.95. The lowest BCUT2D eigenvalue weighted by molar-refractivity contribution is 0.568. The van der Waals surface area contributed by atoms with E-state index in [0.29, 0.717) is 0 Å². The van der Waals surface area contributed by atoms with Crippen LogP contribution < -0.4 is 4.90 Å². The van der Waals surface area contributed by atoms with Crippen molar-refractivity contribution in [2.75, 3.05) is 4.90 Å². The lowest BCUT2D eigenvalue weighted by Crippen LogP contribution is -2.12. The van der Waals surface area contributed by atoms with Gasteiger partial charge in [-0.2, -0.15) is 0 Å². The summed E-state index contributed by atoms with van der Waals surface area (Å²) in [5.41, 5.74) is 13.5. The van der Waals surface area contributed by atoms with Crippen molar-refractivity contribution in [3.63, 3.8) is 0 Å². The van der Waals surface area contributed by atoms with Gasteiger partial charge in [0, 0.05) is 33.6 Å². The summed E-state index contributed by atoms with van der Waals surface area (Å²) in [5.74, 6) is 0.925. The molecule has 0 unspecified atom stereocenters. The maximum absolute atomic E-state index is 6.61. The molecule has 7 aromatic carbocycles. The van der Waals surface area contributed by atoms with E-state index < -0.39 is 0 Å². The lowest BCUT2D eigenvalue weighted by atomic mass is 9.83. The maximum atomic E-state index is 6.61. The molecule has 0 saturated carbocycles. The summed E-state index contributed by atoms with van der Waals surface area (Å²) in [6, 6.07) is 64.7. The van der Waals surface area contributed by atoms with Crippen molar-refractivity contribution in [1.82, 2.24) is 0 Å². The Bertz CT molecular complexity index is 2360. The van der Waals surface area contributed by atoms with Gasteiger partial charge in [0.05, 0.1) is 0 Å². The van der Waals surface area contributed by atoms with E-state index in [1.807, 2.05) is 6.07 Å². The SMILES string of the molecule is CC(C)(C)c1c(-c2cccc(N(c3ccc(-c4ccccc4)cc3)c3ccc(-c4ccc(-c5ccccc5)cc4)cc3)c2)oc2ccccc12. The Hall–Kier alpha value is -6.12. The minimum absolute atomic E-state index is 0.0972. The standard InChI is InChI=1S/C48H39NO/c1-48(2,3)46-44-19-10-11-20-45(44)50-47(46)40-17-12-18-43(33-40)49(41-29-25-38(26-30-41)35-15-8-5-9-16-35)42-31-27-39(28-32-42)37-23-21-36(22-24-37)34-13-6-4-7-14-34/h4-33H,1-3H3. The predicted molar refractivity (Wildman–Crippen MR) is 211 cm³/mol. The van der Waals surface area contributed by atoms with Crippen LogP contribution in [0, 0.1) is 0 Å². The minimum Gasteiger partial charge on any atom is -0.456 e. The first-order valence-corrected chi connectivity index (χ1v) is 17.3. The second-order valence-corrected chi connectivity index (χ2v) is 13.8. The van der Waals surface area contributed by atoms with Crippen molar-refractivity contribution >= 4 is 28.0 Å². The zero-order chi connectivity index (χ0) is 34.1. The first-order chi connectivity index (χ1) is 24.4. The van der Waals surface area contributed by atoms with Crippen molar-refractivity contribution in [1.29, 1.82) is 0 Å². The molecule has 0 aliphatic rings. The number of anilines is 3. The van der Waals surface area contributed by atoms with Crippen LogP contribution in [0.15, 0.2) is 186 Å². The number of hydrogen-bond acceptors (Lipinski definition) is 2. The smallest absolute Gasteiger partial charge is 0.139 e. The summed E-state index contributed by atoms with van der Waals surface area (Å²) >= 11 is 0. The molecule has 0 atom stereocenters. The number of hydrogen-bond donors (Lipinski definition) is 0. The van der Waals surface area contributed by atoms with Gasteiger partial charge in [-0.25, -0.2) is 0 Å².